The molecule has 5 amide bonds. The smallest absolute Gasteiger partial charge is 0.262 e. The third-order valence-corrected chi connectivity index (χ3v) is 12.6. The predicted molar refractivity (Wildman–Crippen MR) is 213 cm³/mol. The van der Waals surface area contributed by atoms with E-state index in [9.17, 15) is 24.0 Å². The van der Waals surface area contributed by atoms with E-state index < -0.39 is 29.7 Å². The summed E-state index contributed by atoms with van der Waals surface area (Å²) in [5.41, 5.74) is 4.99. The van der Waals surface area contributed by atoms with Crippen LogP contribution in [0, 0.1) is 11.3 Å². The molecule has 5 aromatic rings. The maximum atomic E-state index is 13.2. The van der Waals surface area contributed by atoms with Crippen molar-refractivity contribution >= 4 is 51.3 Å². The van der Waals surface area contributed by atoms with E-state index in [2.05, 4.69) is 50.0 Å². The summed E-state index contributed by atoms with van der Waals surface area (Å²) in [6.45, 7) is 5.06. The second-order valence-corrected chi connectivity index (χ2v) is 16.5. The molecule has 2 aromatic carbocycles. The number of fused-ring (bicyclic) bond motifs is 4. The lowest BCUT2D eigenvalue weighted by Gasteiger charge is -2.59. The van der Waals surface area contributed by atoms with Gasteiger partial charge < -0.3 is 23.7 Å². The van der Waals surface area contributed by atoms with Gasteiger partial charge in [-0.2, -0.15) is 0 Å². The molecule has 1 atom stereocenters. The van der Waals surface area contributed by atoms with E-state index in [0.29, 0.717) is 37.9 Å². The molecule has 7 heterocycles. The molecule has 3 aromatic heterocycles. The molecule has 59 heavy (non-hydrogen) atoms. The number of likely N-dealkylation sites (tertiary alicyclic amines) is 2. The Balaban J connectivity index is 0.609. The molecule has 15 heteroatoms. The quantitative estimate of drug-likeness (QED) is 0.145. The summed E-state index contributed by atoms with van der Waals surface area (Å²) in [5, 5.41) is 4.51. The Bertz CT molecular complexity index is 2530. The van der Waals surface area contributed by atoms with Crippen LogP contribution in [0.25, 0.3) is 32.9 Å². The molecule has 4 fully saturated rings. The van der Waals surface area contributed by atoms with E-state index in [1.165, 1.54) is 17.5 Å². The van der Waals surface area contributed by atoms with Gasteiger partial charge >= 0.3 is 0 Å². The number of pyridine rings is 2. The van der Waals surface area contributed by atoms with Gasteiger partial charge in [0.2, 0.25) is 23.6 Å². The Hall–Kier alpha value is -6.19. The second kappa shape index (κ2) is 14.6. The first-order valence-electron chi connectivity index (χ1n) is 20.2. The first kappa shape index (κ1) is 37.1. The Morgan fingerprint density at radius 2 is 1.68 bits per heavy atom. The van der Waals surface area contributed by atoms with Crippen LogP contribution in [0.3, 0.4) is 0 Å². The average Bonchev–Trinajstić information content (AvgIpc) is 3.62. The van der Waals surface area contributed by atoms with Crippen LogP contribution in [-0.4, -0.2) is 123 Å². The number of amides is 5. The van der Waals surface area contributed by atoms with E-state index in [4.69, 9.17) is 14.2 Å². The molecule has 15 nitrogen and oxygen atoms in total. The fourth-order valence-electron chi connectivity index (χ4n) is 9.51. The van der Waals surface area contributed by atoms with E-state index in [0.717, 1.165) is 64.9 Å². The van der Waals surface area contributed by atoms with Crippen LogP contribution in [0.1, 0.15) is 46.4 Å². The third kappa shape index (κ3) is 6.67. The fourth-order valence-corrected chi connectivity index (χ4v) is 9.51. The molecule has 302 valence electrons. The number of nitrogens with one attached hydrogen (secondary N) is 1. The Kier molecular flexibility index (Phi) is 9.16. The topological polar surface area (TPSA) is 166 Å². The van der Waals surface area contributed by atoms with Crippen molar-refractivity contribution in [1.82, 2.24) is 34.6 Å². The molecule has 4 aliphatic heterocycles. The Morgan fingerprint density at radius 3 is 2.47 bits per heavy atom. The predicted octanol–water partition coefficient (Wildman–Crippen LogP) is 3.59. The minimum atomic E-state index is -1.01. The largest absolute Gasteiger partial charge is 0.491 e. The molecular formula is C44H43N7O8. The number of aromatic nitrogens is 3. The van der Waals surface area contributed by atoms with Crippen molar-refractivity contribution < 1.29 is 38.2 Å². The van der Waals surface area contributed by atoms with Crippen molar-refractivity contribution in [2.45, 2.75) is 37.8 Å². The number of rotatable bonds is 12. The maximum Gasteiger partial charge on any atom is 0.262 e. The second-order valence-electron chi connectivity index (χ2n) is 16.5. The molecule has 1 unspecified atom stereocenters. The Labute approximate surface area is 339 Å². The highest BCUT2D eigenvalue weighted by molar-refractivity contribution is 6.23. The highest BCUT2D eigenvalue weighted by Crippen LogP contribution is 2.52. The average molecular weight is 798 g/mol. The van der Waals surface area contributed by atoms with Gasteiger partial charge in [-0.25, -0.2) is 4.98 Å². The van der Waals surface area contributed by atoms with Crippen LogP contribution < -0.4 is 14.8 Å². The van der Waals surface area contributed by atoms with Gasteiger partial charge in [0, 0.05) is 85.5 Å². The first-order valence-corrected chi connectivity index (χ1v) is 20.2. The maximum absolute atomic E-state index is 13.2. The zero-order valence-corrected chi connectivity index (χ0v) is 32.6. The molecule has 1 spiro atoms. The number of imide groups is 2. The zero-order valence-electron chi connectivity index (χ0n) is 32.6. The van der Waals surface area contributed by atoms with Gasteiger partial charge in [0.05, 0.1) is 42.9 Å². The van der Waals surface area contributed by atoms with Gasteiger partial charge in [0.15, 0.2) is 0 Å². The van der Waals surface area contributed by atoms with Crippen LogP contribution in [0.2, 0.25) is 0 Å². The van der Waals surface area contributed by atoms with Crippen molar-refractivity contribution in [2.24, 2.45) is 18.4 Å². The van der Waals surface area contributed by atoms with Gasteiger partial charge in [-0.15, -0.1) is 0 Å². The highest BCUT2D eigenvalue weighted by Gasteiger charge is 2.55. The summed E-state index contributed by atoms with van der Waals surface area (Å²) in [5.74, 6) is -0.893. The summed E-state index contributed by atoms with van der Waals surface area (Å²) in [6, 6.07) is 16.0. The van der Waals surface area contributed by atoms with Crippen LogP contribution in [-0.2, 0) is 26.2 Å². The van der Waals surface area contributed by atoms with E-state index >= 15 is 0 Å². The molecule has 10 rings (SSSR count). The summed E-state index contributed by atoms with van der Waals surface area (Å²) in [6.07, 6.45) is 7.52. The SMILES string of the molecule is Cn1c2ccncc2c2ccc(-c3ccc(OC4CN(C(=O)C5CC6(C5)CN(CCOCCOc5ccc7c(c5)C(=O)N(C5CCC(=O)NC5=O)C7=O)C6)C4)nc3)cc21. The molecule has 0 radical (unpaired) electrons. The molecule has 0 bridgehead atoms. The number of ether oxygens (including phenoxy) is 3. The van der Waals surface area contributed by atoms with Crippen LogP contribution in [0.5, 0.6) is 11.6 Å². The normalized spacial score (nSPS) is 20.5. The zero-order chi connectivity index (χ0) is 40.4. The number of nitrogens with zero attached hydrogens (tertiary/aromatic N) is 6. The number of carbonyl (C=O) groups excluding carboxylic acids is 5. The summed E-state index contributed by atoms with van der Waals surface area (Å²) < 4.78 is 19.9. The summed E-state index contributed by atoms with van der Waals surface area (Å²) in [4.78, 5) is 77.1. The fraction of sp³-hybridized carbons (Fsp3) is 0.386. The van der Waals surface area contributed by atoms with Crippen LogP contribution >= 0.6 is 0 Å². The van der Waals surface area contributed by atoms with E-state index in [-0.39, 0.29) is 53.9 Å². The van der Waals surface area contributed by atoms with Crippen molar-refractivity contribution in [2.75, 3.05) is 52.5 Å². The van der Waals surface area contributed by atoms with Gasteiger partial charge in [0.25, 0.3) is 11.8 Å². The highest BCUT2D eigenvalue weighted by atomic mass is 16.5. The summed E-state index contributed by atoms with van der Waals surface area (Å²) in [7, 11) is 2.07. The minimum Gasteiger partial charge on any atom is -0.491 e. The van der Waals surface area contributed by atoms with Crippen molar-refractivity contribution in [1.29, 1.82) is 0 Å². The van der Waals surface area contributed by atoms with Crippen molar-refractivity contribution in [3.05, 3.63) is 84.3 Å². The molecule has 3 saturated heterocycles. The van der Waals surface area contributed by atoms with Crippen LogP contribution in [0.15, 0.2) is 73.2 Å². The molecule has 5 aliphatic rings. The number of carbonyl (C=O) groups is 5. The van der Waals surface area contributed by atoms with Gasteiger partial charge in [-0.3, -0.25) is 44.1 Å². The monoisotopic (exact) mass is 797 g/mol. The van der Waals surface area contributed by atoms with Gasteiger partial charge in [-0.05, 0) is 66.6 Å². The Morgan fingerprint density at radius 1 is 0.864 bits per heavy atom. The molecule has 1 aliphatic carbocycles. The summed E-state index contributed by atoms with van der Waals surface area (Å²) >= 11 is 0. The van der Waals surface area contributed by atoms with Gasteiger partial charge in [-0.1, -0.05) is 12.1 Å². The van der Waals surface area contributed by atoms with E-state index in [1.54, 1.807) is 6.07 Å². The standard InChI is InChI=1S/C44H43N7O8/c1-48-35-10-11-45-21-34(35)31-5-2-26(16-37(31)48)27-3-9-39(46-20-27)59-30-22-50(23-30)41(54)28-18-44(19-28)24-49(25-44)12-13-57-14-15-58-29-4-6-32-33(17-29)43(56)51(42(32)55)36-7-8-38(52)47-40(36)53/h2-6,9-11,16-17,20-21,28,30,36H,7-8,12-15,18-19,22-25H2,1H3,(H,47,52,53). The molecule has 1 saturated carbocycles. The van der Waals surface area contributed by atoms with Crippen molar-refractivity contribution in [3.63, 3.8) is 0 Å². The molecular weight excluding hydrogens is 755 g/mol. The van der Waals surface area contributed by atoms with Crippen LogP contribution in [0.4, 0.5) is 0 Å². The minimum absolute atomic E-state index is 0.0576. The third-order valence-electron chi connectivity index (χ3n) is 12.6. The number of benzene rings is 2. The number of piperidine rings is 1. The van der Waals surface area contributed by atoms with E-state index in [1.807, 2.05) is 41.7 Å². The lowest BCUT2D eigenvalue weighted by Crippen LogP contribution is -2.66. The molecule has 1 N–H and O–H groups in total. The lowest BCUT2D eigenvalue weighted by atomic mass is 9.57. The number of hydrogen-bond donors (Lipinski definition) is 1. The van der Waals surface area contributed by atoms with Crippen molar-refractivity contribution in [3.8, 4) is 22.8 Å². The number of aryl methyl sites for hydroxylation is 1. The number of hydrogen-bond acceptors (Lipinski definition) is 11. The lowest BCUT2D eigenvalue weighted by molar-refractivity contribution is -0.163. The first-order chi connectivity index (χ1) is 28.6. The van der Waals surface area contributed by atoms with Gasteiger partial charge in [0.1, 0.15) is 24.5 Å².